The van der Waals surface area contributed by atoms with E-state index in [-0.39, 0.29) is 30.7 Å². The number of rotatable bonds is 10. The second-order valence-corrected chi connectivity index (χ2v) is 8.59. The number of benzene rings is 2. The Bertz CT molecular complexity index is 917. The van der Waals surface area contributed by atoms with Gasteiger partial charge in [0.05, 0.1) is 24.6 Å². The van der Waals surface area contributed by atoms with Crippen LogP contribution in [0.2, 0.25) is 0 Å². The highest BCUT2D eigenvalue weighted by Gasteiger charge is 2.21. The SMILES string of the molecule is CCOc1ccccc1N(CCCC(=O)NC(C)c1ccc(F)cc1)S(C)(=O)=O. The zero-order valence-electron chi connectivity index (χ0n) is 16.9. The van der Waals surface area contributed by atoms with Gasteiger partial charge >= 0.3 is 0 Å². The zero-order valence-corrected chi connectivity index (χ0v) is 17.7. The molecule has 2 rings (SSSR count). The molecule has 1 atom stereocenters. The molecule has 2 aromatic carbocycles. The average Bonchev–Trinajstić information content (AvgIpc) is 2.66. The first-order valence-electron chi connectivity index (χ1n) is 9.46. The van der Waals surface area contributed by atoms with Crippen LogP contribution in [-0.4, -0.2) is 33.7 Å². The molecule has 1 N–H and O–H groups in total. The van der Waals surface area contributed by atoms with Crippen molar-refractivity contribution in [1.82, 2.24) is 5.32 Å². The molecule has 1 amide bonds. The minimum Gasteiger partial charge on any atom is -0.492 e. The molecule has 0 saturated heterocycles. The number of halogens is 1. The van der Waals surface area contributed by atoms with E-state index in [1.165, 1.54) is 16.4 Å². The van der Waals surface area contributed by atoms with Gasteiger partial charge in [0, 0.05) is 13.0 Å². The highest BCUT2D eigenvalue weighted by atomic mass is 32.2. The molecule has 0 aliphatic carbocycles. The highest BCUT2D eigenvalue weighted by molar-refractivity contribution is 7.92. The lowest BCUT2D eigenvalue weighted by atomic mass is 10.1. The molecule has 158 valence electrons. The third-order valence-electron chi connectivity index (χ3n) is 4.35. The molecule has 0 fully saturated rings. The fraction of sp³-hybridized carbons (Fsp3) is 0.381. The fourth-order valence-corrected chi connectivity index (χ4v) is 3.91. The number of carbonyl (C=O) groups excluding carboxylic acids is 1. The number of hydrogen-bond acceptors (Lipinski definition) is 4. The van der Waals surface area contributed by atoms with E-state index in [9.17, 15) is 17.6 Å². The van der Waals surface area contributed by atoms with Crippen LogP contribution < -0.4 is 14.4 Å². The van der Waals surface area contributed by atoms with Gasteiger partial charge in [-0.3, -0.25) is 9.10 Å². The number of anilines is 1. The summed E-state index contributed by atoms with van der Waals surface area (Å²) < 4.78 is 44.4. The molecule has 0 saturated carbocycles. The normalized spacial score (nSPS) is 12.3. The second-order valence-electron chi connectivity index (χ2n) is 6.68. The van der Waals surface area contributed by atoms with Crippen LogP contribution in [0.5, 0.6) is 5.75 Å². The maximum Gasteiger partial charge on any atom is 0.232 e. The molecule has 2 aromatic rings. The quantitative estimate of drug-likeness (QED) is 0.634. The van der Waals surface area contributed by atoms with Gasteiger partial charge in [0.1, 0.15) is 11.6 Å². The van der Waals surface area contributed by atoms with Crippen molar-refractivity contribution in [3.63, 3.8) is 0 Å². The van der Waals surface area contributed by atoms with Gasteiger partial charge in [-0.25, -0.2) is 12.8 Å². The number of carbonyl (C=O) groups is 1. The van der Waals surface area contributed by atoms with E-state index in [4.69, 9.17) is 4.74 Å². The van der Waals surface area contributed by atoms with E-state index in [1.54, 1.807) is 36.4 Å². The molecular weight excluding hydrogens is 395 g/mol. The molecule has 1 unspecified atom stereocenters. The molecule has 0 aromatic heterocycles. The van der Waals surface area contributed by atoms with Gasteiger partial charge in [-0.2, -0.15) is 0 Å². The molecule has 0 bridgehead atoms. The summed E-state index contributed by atoms with van der Waals surface area (Å²) in [6.45, 7) is 4.21. The first-order valence-corrected chi connectivity index (χ1v) is 11.3. The van der Waals surface area contributed by atoms with Gasteiger partial charge in [-0.05, 0) is 50.1 Å². The Balaban J connectivity index is 1.98. The zero-order chi connectivity index (χ0) is 21.4. The van der Waals surface area contributed by atoms with Gasteiger partial charge in [0.15, 0.2) is 0 Å². The summed E-state index contributed by atoms with van der Waals surface area (Å²) >= 11 is 0. The maximum atomic E-state index is 13.0. The van der Waals surface area contributed by atoms with E-state index in [2.05, 4.69) is 5.32 Å². The van der Waals surface area contributed by atoms with E-state index in [0.717, 1.165) is 11.8 Å². The summed E-state index contributed by atoms with van der Waals surface area (Å²) in [4.78, 5) is 12.3. The number of ether oxygens (including phenoxy) is 1. The number of hydrogen-bond donors (Lipinski definition) is 1. The van der Waals surface area contributed by atoms with Gasteiger partial charge in [0.2, 0.25) is 15.9 Å². The lowest BCUT2D eigenvalue weighted by molar-refractivity contribution is -0.121. The predicted molar refractivity (Wildman–Crippen MR) is 112 cm³/mol. The van der Waals surface area contributed by atoms with Crippen molar-refractivity contribution >= 4 is 21.6 Å². The number of nitrogens with zero attached hydrogens (tertiary/aromatic N) is 1. The Kier molecular flexibility index (Phi) is 8.01. The predicted octanol–water partition coefficient (Wildman–Crippen LogP) is 3.65. The van der Waals surface area contributed by atoms with Crippen LogP contribution in [0.1, 0.15) is 38.3 Å². The summed E-state index contributed by atoms with van der Waals surface area (Å²) in [5, 5.41) is 2.85. The van der Waals surface area contributed by atoms with Crippen molar-refractivity contribution in [2.45, 2.75) is 32.7 Å². The second kappa shape index (κ2) is 10.2. The van der Waals surface area contributed by atoms with Gasteiger partial charge < -0.3 is 10.1 Å². The monoisotopic (exact) mass is 422 g/mol. The first kappa shape index (κ1) is 22.7. The van der Waals surface area contributed by atoms with Gasteiger partial charge in [-0.15, -0.1) is 0 Å². The van der Waals surface area contributed by atoms with Crippen LogP contribution >= 0.6 is 0 Å². The molecule has 0 aliphatic rings. The van der Waals surface area contributed by atoms with Crippen LogP contribution in [0.4, 0.5) is 10.1 Å². The summed E-state index contributed by atoms with van der Waals surface area (Å²) in [7, 11) is -3.54. The Morgan fingerprint density at radius 2 is 1.83 bits per heavy atom. The smallest absolute Gasteiger partial charge is 0.232 e. The van der Waals surface area contributed by atoms with Crippen LogP contribution in [0, 0.1) is 5.82 Å². The van der Waals surface area contributed by atoms with Crippen molar-refractivity contribution in [2.75, 3.05) is 23.7 Å². The number of para-hydroxylation sites is 2. The van der Waals surface area contributed by atoms with Crippen molar-refractivity contribution in [3.8, 4) is 5.75 Å². The standard InChI is InChI=1S/C21H27FN2O4S/c1-4-28-20-9-6-5-8-19(20)24(29(3,26)27)15-7-10-21(25)23-16(2)17-11-13-18(22)14-12-17/h5-6,8-9,11-14,16H,4,7,10,15H2,1-3H3,(H,23,25). The minimum atomic E-state index is -3.54. The highest BCUT2D eigenvalue weighted by Crippen LogP contribution is 2.30. The topological polar surface area (TPSA) is 75.7 Å². The van der Waals surface area contributed by atoms with Crippen molar-refractivity contribution in [3.05, 3.63) is 59.9 Å². The van der Waals surface area contributed by atoms with Crippen molar-refractivity contribution < 1.29 is 22.3 Å². The Hall–Kier alpha value is -2.61. The van der Waals surface area contributed by atoms with E-state index in [1.807, 2.05) is 13.8 Å². The number of nitrogens with one attached hydrogen (secondary N) is 1. The molecule has 0 heterocycles. The number of sulfonamides is 1. The third-order valence-corrected chi connectivity index (χ3v) is 5.53. The summed E-state index contributed by atoms with van der Waals surface area (Å²) in [6.07, 6.45) is 1.64. The van der Waals surface area contributed by atoms with Crippen molar-refractivity contribution in [2.24, 2.45) is 0 Å². The van der Waals surface area contributed by atoms with Crippen LogP contribution in [0.25, 0.3) is 0 Å². The fourth-order valence-electron chi connectivity index (χ4n) is 2.94. The molecule has 0 spiro atoms. The molecular formula is C21H27FN2O4S. The minimum absolute atomic E-state index is 0.154. The third kappa shape index (κ3) is 6.74. The molecule has 8 heteroatoms. The summed E-state index contributed by atoms with van der Waals surface area (Å²) in [5.74, 6) is -0.0522. The van der Waals surface area contributed by atoms with E-state index in [0.29, 0.717) is 24.5 Å². The van der Waals surface area contributed by atoms with Crippen LogP contribution in [0.3, 0.4) is 0 Å². The Morgan fingerprint density at radius 3 is 2.45 bits per heavy atom. The Morgan fingerprint density at radius 1 is 1.17 bits per heavy atom. The van der Waals surface area contributed by atoms with E-state index >= 15 is 0 Å². The molecule has 0 radical (unpaired) electrons. The first-order chi connectivity index (χ1) is 13.7. The summed E-state index contributed by atoms with van der Waals surface area (Å²) in [5.41, 5.74) is 1.25. The lowest BCUT2D eigenvalue weighted by Gasteiger charge is -2.24. The van der Waals surface area contributed by atoms with E-state index < -0.39 is 10.0 Å². The summed E-state index contributed by atoms with van der Waals surface area (Å²) in [6, 6.07) is 12.6. The largest absolute Gasteiger partial charge is 0.492 e. The van der Waals surface area contributed by atoms with Crippen LogP contribution in [-0.2, 0) is 14.8 Å². The maximum absolute atomic E-state index is 13.0. The average molecular weight is 423 g/mol. The number of amides is 1. The lowest BCUT2D eigenvalue weighted by Crippen LogP contribution is -2.33. The van der Waals surface area contributed by atoms with Gasteiger partial charge in [-0.1, -0.05) is 24.3 Å². The Labute approximate surface area is 171 Å². The van der Waals surface area contributed by atoms with Gasteiger partial charge in [0.25, 0.3) is 0 Å². The molecule has 0 aliphatic heterocycles. The molecule has 6 nitrogen and oxygen atoms in total. The molecule has 29 heavy (non-hydrogen) atoms. The van der Waals surface area contributed by atoms with Crippen LogP contribution in [0.15, 0.2) is 48.5 Å². The van der Waals surface area contributed by atoms with Crippen molar-refractivity contribution in [1.29, 1.82) is 0 Å².